The molecule has 2 aliphatic rings. The smallest absolute Gasteiger partial charge is 0.314 e. The molecule has 3 rings (SSSR count). The lowest BCUT2D eigenvalue weighted by Gasteiger charge is -2.36. The lowest BCUT2D eigenvalue weighted by molar-refractivity contribution is -0.145. The van der Waals surface area contributed by atoms with E-state index in [9.17, 15) is 14.3 Å². The molecule has 1 heterocycles. The van der Waals surface area contributed by atoms with E-state index in [0.29, 0.717) is 48.7 Å². The quantitative estimate of drug-likeness (QED) is 0.923. The van der Waals surface area contributed by atoms with Crippen molar-refractivity contribution >= 4 is 5.97 Å². The number of carboxylic acids is 1. The molecule has 1 fully saturated rings. The number of halogens is 1. The highest BCUT2D eigenvalue weighted by Crippen LogP contribution is 2.48. The SMILES string of the molecule is CC(F)c1cc2c(c(C3(C(=O)O)CCCCC3)c1)OCCO2. The Kier molecular flexibility index (Phi) is 3.98. The summed E-state index contributed by atoms with van der Waals surface area (Å²) in [4.78, 5) is 12.1. The second-order valence-corrected chi connectivity index (χ2v) is 6.16. The minimum Gasteiger partial charge on any atom is -0.486 e. The molecule has 4 nitrogen and oxygen atoms in total. The minimum absolute atomic E-state index is 0.389. The van der Waals surface area contributed by atoms with Gasteiger partial charge in [0.1, 0.15) is 19.4 Å². The van der Waals surface area contributed by atoms with Gasteiger partial charge in [-0.05, 0) is 37.5 Å². The number of carboxylic acid groups (broad SMARTS) is 1. The van der Waals surface area contributed by atoms with E-state index in [4.69, 9.17) is 9.47 Å². The third-order valence-electron chi connectivity index (χ3n) is 4.76. The van der Waals surface area contributed by atoms with Gasteiger partial charge in [0.25, 0.3) is 0 Å². The van der Waals surface area contributed by atoms with Crippen molar-refractivity contribution < 1.29 is 23.8 Å². The normalized spacial score (nSPS) is 21.2. The van der Waals surface area contributed by atoms with Crippen LogP contribution in [0.15, 0.2) is 12.1 Å². The van der Waals surface area contributed by atoms with Crippen molar-refractivity contribution in [3.8, 4) is 11.5 Å². The van der Waals surface area contributed by atoms with Crippen molar-refractivity contribution in [3.63, 3.8) is 0 Å². The molecule has 0 aromatic heterocycles. The predicted molar refractivity (Wildman–Crippen MR) is 79.4 cm³/mol. The number of rotatable bonds is 3. The molecule has 1 aliphatic carbocycles. The van der Waals surface area contributed by atoms with E-state index >= 15 is 0 Å². The summed E-state index contributed by atoms with van der Waals surface area (Å²) < 4.78 is 25.1. The first kappa shape index (κ1) is 15.1. The summed E-state index contributed by atoms with van der Waals surface area (Å²) in [6, 6.07) is 3.29. The molecule has 1 aromatic rings. The molecule has 5 heteroatoms. The molecule has 0 bridgehead atoms. The molecule has 1 aliphatic heterocycles. The number of carbonyl (C=O) groups is 1. The monoisotopic (exact) mass is 308 g/mol. The lowest BCUT2D eigenvalue weighted by atomic mass is 9.68. The van der Waals surface area contributed by atoms with E-state index in [1.165, 1.54) is 6.92 Å². The van der Waals surface area contributed by atoms with Gasteiger partial charge in [0.15, 0.2) is 11.5 Å². The third kappa shape index (κ3) is 2.42. The zero-order chi connectivity index (χ0) is 15.7. The number of ether oxygens (including phenoxy) is 2. The van der Waals surface area contributed by atoms with Gasteiger partial charge in [0.05, 0.1) is 5.41 Å². The number of benzene rings is 1. The van der Waals surface area contributed by atoms with Gasteiger partial charge in [-0.1, -0.05) is 19.3 Å². The minimum atomic E-state index is -1.18. The Balaban J connectivity index is 2.18. The van der Waals surface area contributed by atoms with Gasteiger partial charge >= 0.3 is 5.97 Å². The Morgan fingerprint density at radius 3 is 2.55 bits per heavy atom. The Morgan fingerprint density at radius 2 is 1.91 bits per heavy atom. The van der Waals surface area contributed by atoms with Crippen LogP contribution in [0, 0.1) is 0 Å². The molecule has 1 saturated carbocycles. The summed E-state index contributed by atoms with van der Waals surface area (Å²) in [5, 5.41) is 9.88. The zero-order valence-corrected chi connectivity index (χ0v) is 12.7. The van der Waals surface area contributed by atoms with Crippen LogP contribution in [0.1, 0.15) is 56.3 Å². The molecule has 1 aromatic carbocycles. The summed E-state index contributed by atoms with van der Waals surface area (Å²) in [5.74, 6) is 0.0987. The highest BCUT2D eigenvalue weighted by atomic mass is 19.1. The number of fused-ring (bicyclic) bond motifs is 1. The summed E-state index contributed by atoms with van der Waals surface area (Å²) in [7, 11) is 0. The van der Waals surface area contributed by atoms with Crippen LogP contribution in [0.5, 0.6) is 11.5 Å². The standard InChI is InChI=1S/C17H21FO4/c1-11(18)12-9-13(15-14(10-12)21-7-8-22-15)17(16(19)20)5-3-2-4-6-17/h9-11H,2-8H2,1H3,(H,19,20). The molecule has 0 amide bonds. The van der Waals surface area contributed by atoms with Crippen LogP contribution in [0.2, 0.25) is 0 Å². The van der Waals surface area contributed by atoms with Crippen molar-refractivity contribution in [3.05, 3.63) is 23.3 Å². The molecular weight excluding hydrogens is 287 g/mol. The Labute approximate surface area is 129 Å². The van der Waals surface area contributed by atoms with E-state index in [2.05, 4.69) is 0 Å². The zero-order valence-electron chi connectivity index (χ0n) is 12.7. The van der Waals surface area contributed by atoms with E-state index in [0.717, 1.165) is 19.3 Å². The Bertz CT molecular complexity index is 576. The van der Waals surface area contributed by atoms with Crippen LogP contribution in [-0.2, 0) is 10.2 Å². The molecule has 0 radical (unpaired) electrons. The molecule has 0 saturated heterocycles. The summed E-state index contributed by atoms with van der Waals surface area (Å²) in [6.45, 7) is 2.24. The van der Waals surface area contributed by atoms with Gasteiger partial charge in [-0.25, -0.2) is 4.39 Å². The van der Waals surface area contributed by atoms with Gasteiger partial charge in [0, 0.05) is 5.56 Å². The van der Waals surface area contributed by atoms with Crippen molar-refractivity contribution in [1.29, 1.82) is 0 Å². The maximum atomic E-state index is 13.8. The van der Waals surface area contributed by atoms with Gasteiger partial charge < -0.3 is 14.6 Å². The van der Waals surface area contributed by atoms with Crippen LogP contribution in [0.25, 0.3) is 0 Å². The third-order valence-corrected chi connectivity index (χ3v) is 4.76. The number of hydrogen-bond acceptors (Lipinski definition) is 3. The van der Waals surface area contributed by atoms with Crippen LogP contribution in [0.3, 0.4) is 0 Å². The van der Waals surface area contributed by atoms with Crippen LogP contribution < -0.4 is 9.47 Å². The van der Waals surface area contributed by atoms with Crippen LogP contribution in [0.4, 0.5) is 4.39 Å². The molecule has 1 unspecified atom stereocenters. The fourth-order valence-corrected chi connectivity index (χ4v) is 3.51. The average Bonchev–Trinajstić information content (AvgIpc) is 2.54. The van der Waals surface area contributed by atoms with Gasteiger partial charge in [-0.3, -0.25) is 4.79 Å². The van der Waals surface area contributed by atoms with E-state index in [1.807, 2.05) is 0 Å². The van der Waals surface area contributed by atoms with E-state index in [-0.39, 0.29) is 0 Å². The van der Waals surface area contributed by atoms with Crippen molar-refractivity contribution in [2.75, 3.05) is 13.2 Å². The fraction of sp³-hybridized carbons (Fsp3) is 0.588. The maximum absolute atomic E-state index is 13.8. The summed E-state index contributed by atoms with van der Waals surface area (Å²) in [6.07, 6.45) is 2.69. The average molecular weight is 308 g/mol. The van der Waals surface area contributed by atoms with E-state index in [1.54, 1.807) is 12.1 Å². The molecular formula is C17H21FO4. The fourth-order valence-electron chi connectivity index (χ4n) is 3.51. The van der Waals surface area contributed by atoms with Crippen molar-refractivity contribution in [1.82, 2.24) is 0 Å². The van der Waals surface area contributed by atoms with Gasteiger partial charge in [-0.15, -0.1) is 0 Å². The maximum Gasteiger partial charge on any atom is 0.314 e. The number of aliphatic carboxylic acids is 1. The van der Waals surface area contributed by atoms with Crippen LogP contribution >= 0.6 is 0 Å². The molecule has 1 N–H and O–H groups in total. The highest BCUT2D eigenvalue weighted by Gasteiger charge is 2.44. The first-order valence-electron chi connectivity index (χ1n) is 7.86. The molecule has 0 spiro atoms. The largest absolute Gasteiger partial charge is 0.486 e. The van der Waals surface area contributed by atoms with Gasteiger partial charge in [0.2, 0.25) is 0 Å². The second kappa shape index (κ2) is 5.78. The van der Waals surface area contributed by atoms with Crippen LogP contribution in [-0.4, -0.2) is 24.3 Å². The molecule has 22 heavy (non-hydrogen) atoms. The molecule has 120 valence electrons. The topological polar surface area (TPSA) is 55.8 Å². The summed E-state index contributed by atoms with van der Waals surface area (Å²) in [5.41, 5.74) is 0.0374. The molecule has 1 atom stereocenters. The second-order valence-electron chi connectivity index (χ2n) is 6.16. The first-order chi connectivity index (χ1) is 10.5. The van der Waals surface area contributed by atoms with E-state index < -0.39 is 17.6 Å². The number of alkyl halides is 1. The Hall–Kier alpha value is -1.78. The Morgan fingerprint density at radius 1 is 1.23 bits per heavy atom. The highest BCUT2D eigenvalue weighted by molar-refractivity contribution is 5.83. The first-order valence-corrected chi connectivity index (χ1v) is 7.86. The number of hydrogen-bond donors (Lipinski definition) is 1. The van der Waals surface area contributed by atoms with Gasteiger partial charge in [-0.2, -0.15) is 0 Å². The van der Waals surface area contributed by atoms with Crippen molar-refractivity contribution in [2.45, 2.75) is 50.6 Å². The predicted octanol–water partition coefficient (Wildman–Crippen LogP) is 3.77. The summed E-state index contributed by atoms with van der Waals surface area (Å²) >= 11 is 0. The van der Waals surface area contributed by atoms with Crippen molar-refractivity contribution in [2.24, 2.45) is 0 Å². The lowest BCUT2D eigenvalue weighted by Crippen LogP contribution is -2.39.